The van der Waals surface area contributed by atoms with Crippen molar-refractivity contribution in [1.29, 1.82) is 0 Å². The van der Waals surface area contributed by atoms with E-state index in [2.05, 4.69) is 5.32 Å². The number of nitrogens with one attached hydrogen (secondary N) is 1. The third-order valence-electron chi connectivity index (χ3n) is 3.67. The van der Waals surface area contributed by atoms with Crippen LogP contribution in [0.4, 0.5) is 16.2 Å². The van der Waals surface area contributed by atoms with Gasteiger partial charge in [0.1, 0.15) is 5.54 Å². The van der Waals surface area contributed by atoms with Crippen LogP contribution < -0.4 is 16.0 Å². The van der Waals surface area contributed by atoms with Crippen molar-refractivity contribution < 1.29 is 9.59 Å². The van der Waals surface area contributed by atoms with E-state index in [0.29, 0.717) is 11.4 Å². The number of anilines is 2. The first kappa shape index (κ1) is 13.2. The molecule has 1 fully saturated rings. The van der Waals surface area contributed by atoms with E-state index < -0.39 is 11.6 Å². The molecule has 1 aliphatic heterocycles. The Morgan fingerprint density at radius 3 is 2.43 bits per heavy atom. The number of carbonyl (C=O) groups is 2. The second-order valence-electron chi connectivity index (χ2n) is 5.16. The maximum Gasteiger partial charge on any atom is 0.329 e. The van der Waals surface area contributed by atoms with Crippen molar-refractivity contribution in [2.45, 2.75) is 12.5 Å². The number of hydrogen-bond donors (Lipinski definition) is 2. The van der Waals surface area contributed by atoms with Gasteiger partial charge in [-0.15, -0.1) is 0 Å². The first-order chi connectivity index (χ1) is 10.0. The maximum atomic E-state index is 12.8. The molecule has 1 heterocycles. The van der Waals surface area contributed by atoms with Crippen LogP contribution >= 0.6 is 0 Å². The van der Waals surface area contributed by atoms with E-state index in [0.717, 1.165) is 10.5 Å². The number of nitrogen functional groups attached to an aromatic ring is 1. The van der Waals surface area contributed by atoms with Gasteiger partial charge in [-0.25, -0.2) is 9.69 Å². The summed E-state index contributed by atoms with van der Waals surface area (Å²) >= 11 is 0. The smallest absolute Gasteiger partial charge is 0.329 e. The van der Waals surface area contributed by atoms with Crippen LogP contribution in [0, 0.1) is 0 Å². The molecular formula is C16H15N3O2. The second kappa shape index (κ2) is 4.63. The van der Waals surface area contributed by atoms with Crippen LogP contribution in [0.3, 0.4) is 0 Å². The van der Waals surface area contributed by atoms with Crippen LogP contribution in [0.1, 0.15) is 12.5 Å². The number of imide groups is 1. The first-order valence-corrected chi connectivity index (χ1v) is 6.60. The Morgan fingerprint density at radius 1 is 1.05 bits per heavy atom. The van der Waals surface area contributed by atoms with Crippen LogP contribution in [-0.2, 0) is 10.3 Å². The van der Waals surface area contributed by atoms with Crippen LogP contribution in [-0.4, -0.2) is 11.9 Å². The Labute approximate surface area is 122 Å². The molecule has 0 radical (unpaired) electrons. The minimum atomic E-state index is -1.07. The highest BCUT2D eigenvalue weighted by atomic mass is 16.2. The van der Waals surface area contributed by atoms with Crippen molar-refractivity contribution in [2.24, 2.45) is 0 Å². The standard InChI is InChI=1S/C16H15N3O2/c1-16(11-6-3-2-4-7-11)14(20)19(15(21)18-16)13-9-5-8-12(17)10-13/h2-10H,17H2,1H3,(H,18,21). The van der Waals surface area contributed by atoms with Gasteiger partial charge in [-0.3, -0.25) is 4.79 Å². The molecule has 2 aromatic rings. The molecule has 1 saturated heterocycles. The largest absolute Gasteiger partial charge is 0.399 e. The molecule has 3 N–H and O–H groups in total. The van der Waals surface area contributed by atoms with Gasteiger partial charge in [0.15, 0.2) is 0 Å². The number of benzene rings is 2. The summed E-state index contributed by atoms with van der Waals surface area (Å²) in [5.41, 5.74) is 6.38. The third-order valence-corrected chi connectivity index (χ3v) is 3.67. The fourth-order valence-electron chi connectivity index (χ4n) is 2.50. The zero-order valence-electron chi connectivity index (χ0n) is 11.5. The van der Waals surface area contributed by atoms with Crippen LogP contribution in [0.2, 0.25) is 0 Å². The maximum absolute atomic E-state index is 12.8. The van der Waals surface area contributed by atoms with Gasteiger partial charge in [0.25, 0.3) is 5.91 Å². The van der Waals surface area contributed by atoms with Gasteiger partial charge >= 0.3 is 6.03 Å². The van der Waals surface area contributed by atoms with E-state index in [9.17, 15) is 9.59 Å². The highest BCUT2D eigenvalue weighted by molar-refractivity contribution is 6.23. The molecule has 106 valence electrons. The molecule has 0 aromatic heterocycles. The second-order valence-corrected chi connectivity index (χ2v) is 5.16. The van der Waals surface area contributed by atoms with Crippen molar-refractivity contribution in [3.63, 3.8) is 0 Å². The molecule has 5 heteroatoms. The molecule has 5 nitrogen and oxygen atoms in total. The number of nitrogens with two attached hydrogens (primary N) is 1. The molecule has 2 aromatic carbocycles. The van der Waals surface area contributed by atoms with E-state index in [4.69, 9.17) is 5.73 Å². The van der Waals surface area contributed by atoms with Crippen LogP contribution in [0.15, 0.2) is 54.6 Å². The lowest BCUT2D eigenvalue weighted by atomic mass is 9.92. The Bertz CT molecular complexity index is 714. The molecule has 0 spiro atoms. The molecule has 1 atom stereocenters. The summed E-state index contributed by atoms with van der Waals surface area (Å²) in [6.07, 6.45) is 0. The normalized spacial score (nSPS) is 21.5. The number of rotatable bonds is 2. The molecule has 1 unspecified atom stereocenters. The van der Waals surface area contributed by atoms with E-state index in [-0.39, 0.29) is 5.91 Å². The number of nitrogens with zero attached hydrogens (tertiary/aromatic N) is 1. The number of hydrogen-bond acceptors (Lipinski definition) is 3. The topological polar surface area (TPSA) is 75.4 Å². The summed E-state index contributed by atoms with van der Waals surface area (Å²) in [5, 5.41) is 2.76. The highest BCUT2D eigenvalue weighted by Gasteiger charge is 2.49. The van der Waals surface area contributed by atoms with Gasteiger partial charge in [-0.05, 0) is 30.7 Å². The summed E-state index contributed by atoms with van der Waals surface area (Å²) in [6, 6.07) is 15.4. The quantitative estimate of drug-likeness (QED) is 0.654. The number of urea groups is 1. The SMILES string of the molecule is CC1(c2ccccc2)NC(=O)N(c2cccc(N)c2)C1=O. The van der Waals surface area contributed by atoms with Gasteiger partial charge in [-0.1, -0.05) is 36.4 Å². The molecule has 0 saturated carbocycles. The predicted octanol–water partition coefficient (Wildman–Crippen LogP) is 2.24. The van der Waals surface area contributed by atoms with E-state index in [1.54, 1.807) is 31.2 Å². The fourth-order valence-corrected chi connectivity index (χ4v) is 2.50. The lowest BCUT2D eigenvalue weighted by Gasteiger charge is -2.22. The summed E-state index contributed by atoms with van der Waals surface area (Å²) in [7, 11) is 0. The zero-order chi connectivity index (χ0) is 15.0. The average Bonchev–Trinajstić information content (AvgIpc) is 2.71. The minimum absolute atomic E-state index is 0.315. The Morgan fingerprint density at radius 2 is 1.76 bits per heavy atom. The Kier molecular flexibility index (Phi) is 2.90. The Hall–Kier alpha value is -2.82. The number of amides is 3. The monoisotopic (exact) mass is 281 g/mol. The van der Waals surface area contributed by atoms with E-state index >= 15 is 0 Å². The van der Waals surface area contributed by atoms with Gasteiger partial charge in [0.2, 0.25) is 0 Å². The number of carbonyl (C=O) groups excluding carboxylic acids is 2. The van der Waals surface area contributed by atoms with E-state index in [1.807, 2.05) is 30.3 Å². The molecule has 1 aliphatic rings. The van der Waals surface area contributed by atoms with Crippen LogP contribution in [0.5, 0.6) is 0 Å². The predicted molar refractivity (Wildman–Crippen MR) is 80.7 cm³/mol. The van der Waals surface area contributed by atoms with Crippen molar-refractivity contribution in [3.8, 4) is 0 Å². The molecular weight excluding hydrogens is 266 g/mol. The molecule has 21 heavy (non-hydrogen) atoms. The average molecular weight is 281 g/mol. The minimum Gasteiger partial charge on any atom is -0.399 e. The summed E-state index contributed by atoms with van der Waals surface area (Å²) in [6.45, 7) is 1.70. The van der Waals surface area contributed by atoms with Gasteiger partial charge in [0.05, 0.1) is 5.69 Å². The van der Waals surface area contributed by atoms with Crippen molar-refractivity contribution in [1.82, 2.24) is 5.32 Å². The zero-order valence-corrected chi connectivity index (χ0v) is 11.5. The first-order valence-electron chi connectivity index (χ1n) is 6.60. The van der Waals surface area contributed by atoms with Gasteiger partial charge in [-0.2, -0.15) is 0 Å². The summed E-state index contributed by atoms with van der Waals surface area (Å²) in [5.74, 6) is -0.315. The molecule has 0 aliphatic carbocycles. The fraction of sp³-hybridized carbons (Fsp3) is 0.125. The van der Waals surface area contributed by atoms with Crippen molar-refractivity contribution in [2.75, 3.05) is 10.6 Å². The van der Waals surface area contributed by atoms with Crippen molar-refractivity contribution >= 4 is 23.3 Å². The van der Waals surface area contributed by atoms with E-state index in [1.165, 1.54) is 0 Å². The summed E-state index contributed by atoms with van der Waals surface area (Å²) in [4.78, 5) is 26.1. The van der Waals surface area contributed by atoms with Crippen molar-refractivity contribution in [3.05, 3.63) is 60.2 Å². The lowest BCUT2D eigenvalue weighted by Crippen LogP contribution is -2.40. The molecule has 0 bridgehead atoms. The molecule has 3 rings (SSSR count). The Balaban J connectivity index is 2.04. The molecule has 3 amide bonds. The highest BCUT2D eigenvalue weighted by Crippen LogP contribution is 2.32. The van der Waals surface area contributed by atoms with Gasteiger partial charge in [0, 0.05) is 5.69 Å². The van der Waals surface area contributed by atoms with Gasteiger partial charge < -0.3 is 11.1 Å². The lowest BCUT2D eigenvalue weighted by molar-refractivity contribution is -0.121. The van der Waals surface area contributed by atoms with Crippen LogP contribution in [0.25, 0.3) is 0 Å². The third kappa shape index (κ3) is 2.03. The summed E-state index contributed by atoms with van der Waals surface area (Å²) < 4.78 is 0.